The van der Waals surface area contributed by atoms with E-state index < -0.39 is 67.5 Å². The molecule has 24 heteroatoms. The van der Waals surface area contributed by atoms with Crippen molar-refractivity contribution in [1.82, 2.24) is 16.0 Å². The van der Waals surface area contributed by atoms with Crippen LogP contribution >= 0.6 is 0 Å². The summed E-state index contributed by atoms with van der Waals surface area (Å²) in [7, 11) is -10.0. The first-order valence-electron chi connectivity index (χ1n) is 27.7. The Kier molecular flexibility index (Phi) is 56.0. The molecule has 0 saturated heterocycles. The largest absolute Gasteiger partial charge is 1.00 e. The second kappa shape index (κ2) is 53.2. The molecule has 0 aliphatic rings. The molecule has 21 nitrogen and oxygen atoms in total. The number of nitrogens with zero attached hydrogens (tertiary/aromatic N) is 2. The third-order valence-corrected chi connectivity index (χ3v) is 14.8. The number of amides is 2. The van der Waals surface area contributed by atoms with Gasteiger partial charge in [0.25, 0.3) is 20.2 Å². The van der Waals surface area contributed by atoms with E-state index in [9.17, 15) is 66.0 Å². The Morgan fingerprint density at radius 2 is 0.645 bits per heavy atom. The zero-order chi connectivity index (χ0) is 55.9. The van der Waals surface area contributed by atoms with E-state index in [4.69, 9.17) is 18.6 Å². The number of esters is 2. The molecule has 0 aliphatic carbocycles. The van der Waals surface area contributed by atoms with Crippen LogP contribution in [0.1, 0.15) is 232 Å². The van der Waals surface area contributed by atoms with Gasteiger partial charge in [-0.1, -0.05) is 194 Å². The molecular formula is C52H100N3NaO18S2. The number of carboxylic acid groups (broad SMARTS) is 2. The number of carbonyl (C=O) groups is 6. The number of hydrogen-bond acceptors (Lipinski definition) is 16. The van der Waals surface area contributed by atoms with E-state index in [1.807, 2.05) is 0 Å². The number of quaternary nitrogens is 1. The molecule has 0 aliphatic heterocycles. The number of carboxylic acids is 2. The Hall–Kier alpha value is -2.48. The van der Waals surface area contributed by atoms with Gasteiger partial charge in [-0.2, -0.15) is 16.8 Å². The van der Waals surface area contributed by atoms with Crippen LogP contribution in [0.4, 0.5) is 0 Å². The Morgan fingerprint density at radius 1 is 0.421 bits per heavy atom. The van der Waals surface area contributed by atoms with Crippen molar-refractivity contribution < 1.29 is 114 Å². The number of rotatable bonds is 50. The third kappa shape index (κ3) is 48.6. The summed E-state index contributed by atoms with van der Waals surface area (Å²) in [6, 6.07) is 0. The topological polar surface area (TPSA) is 359 Å². The normalized spacial score (nSPS) is 12.0. The molecule has 444 valence electrons. The molecule has 76 heavy (non-hydrogen) atoms. The molecule has 0 radical (unpaired) electrons. The zero-order valence-electron chi connectivity index (χ0n) is 47.1. The molecule has 8 N–H and O–H groups in total. The first-order chi connectivity index (χ1) is 35.3. The molecule has 0 saturated carbocycles. The van der Waals surface area contributed by atoms with Gasteiger partial charge in [0.05, 0.1) is 51.1 Å². The summed E-state index contributed by atoms with van der Waals surface area (Å²) in [4.78, 5) is 72.5. The predicted molar refractivity (Wildman–Crippen MR) is 284 cm³/mol. The molecule has 0 fully saturated rings. The fourth-order valence-electron chi connectivity index (χ4n) is 8.16. The maximum Gasteiger partial charge on any atom is 1.00 e. The van der Waals surface area contributed by atoms with E-state index in [2.05, 4.69) is 13.8 Å². The minimum atomic E-state index is -5.01. The van der Waals surface area contributed by atoms with E-state index in [1.165, 1.54) is 151 Å². The van der Waals surface area contributed by atoms with Crippen molar-refractivity contribution in [3.63, 3.8) is 0 Å². The fraction of sp³-hybridized carbons (Fsp3) is 0.885. The van der Waals surface area contributed by atoms with Crippen LogP contribution in [0.3, 0.4) is 0 Å². The minimum Gasteiger partial charge on any atom is -0.549 e. The van der Waals surface area contributed by atoms with Crippen molar-refractivity contribution in [2.45, 2.75) is 243 Å². The summed E-state index contributed by atoms with van der Waals surface area (Å²) in [5, 5.41) is 35.1. The number of hydrogen-bond donors (Lipinski definition) is 5. The van der Waals surface area contributed by atoms with Crippen LogP contribution in [0.15, 0.2) is 0 Å². The van der Waals surface area contributed by atoms with E-state index in [-0.39, 0.29) is 100 Å². The molecule has 0 aromatic rings. The third-order valence-electron chi connectivity index (χ3n) is 12.6. The molecule has 2 amide bonds. The summed E-state index contributed by atoms with van der Waals surface area (Å²) < 4.78 is 71.3. The summed E-state index contributed by atoms with van der Waals surface area (Å²) in [6.45, 7) is 3.41. The van der Waals surface area contributed by atoms with Crippen LogP contribution in [0, 0.1) is 0 Å². The van der Waals surface area contributed by atoms with E-state index in [1.54, 1.807) is 0 Å². The molecule has 0 aromatic heterocycles. The number of unbranched alkanes of at least 4 members (excludes halogenated alkanes) is 28. The predicted octanol–water partition coefficient (Wildman–Crippen LogP) is 3.40. The van der Waals surface area contributed by atoms with Gasteiger partial charge >= 0.3 is 41.5 Å². The molecule has 0 rings (SSSR count). The number of carbonyl (C=O) groups excluding carboxylic acids is 6. The van der Waals surface area contributed by atoms with Crippen molar-refractivity contribution in [2.75, 3.05) is 52.6 Å². The Labute approximate surface area is 478 Å². The molecular weight excluding hydrogens is 1040 g/mol. The maximum absolute atomic E-state index is 12.4. The van der Waals surface area contributed by atoms with Crippen molar-refractivity contribution in [3.05, 3.63) is 0 Å². The molecule has 0 bridgehead atoms. The van der Waals surface area contributed by atoms with E-state index in [0.717, 1.165) is 51.4 Å². The Morgan fingerprint density at radius 3 is 0.842 bits per heavy atom. The van der Waals surface area contributed by atoms with Crippen LogP contribution in [-0.4, -0.2) is 145 Å². The van der Waals surface area contributed by atoms with Gasteiger partial charge in [-0.15, -0.1) is 0 Å². The molecule has 0 spiro atoms. The molecule has 2 unspecified atom stereocenters. The van der Waals surface area contributed by atoms with Crippen molar-refractivity contribution in [1.29, 1.82) is 0 Å². The van der Waals surface area contributed by atoms with Gasteiger partial charge in [-0.05, 0) is 12.8 Å². The van der Waals surface area contributed by atoms with E-state index in [0.29, 0.717) is 12.8 Å². The Balaban J connectivity index is -0.000000665. The first-order valence-corrected chi connectivity index (χ1v) is 30.7. The molecule has 0 aromatic carbocycles. The SMILES string of the molecule is CCCCCCCCCCCCCCCCCC(=O)N(CCO)CCOC(=O)CC(C(=O)[O-])S(=O)(=O)O.CCCCCCCCCCCCCCCCCC(=O)N(CCO)CCOC(=O)CC(C(=O)[O-])S(=O)(=O)O.[NH4+].[Na+]. The first kappa shape index (κ1) is 80.0. The van der Waals surface area contributed by atoms with Crippen LogP contribution in [-0.2, 0) is 58.5 Å². The van der Waals surface area contributed by atoms with Gasteiger partial charge in [0.1, 0.15) is 23.7 Å². The van der Waals surface area contributed by atoms with Crippen molar-refractivity contribution >= 4 is 55.9 Å². The Bertz CT molecular complexity index is 1590. The standard InChI is InChI=1S/2C26H49NO9S.H3N.Na/c2*1-2-3-4-5-6-7-8-9-10-11-12-13-14-15-16-17-24(29)27(18-20-28)19-21-36-25(30)22-23(26(31)32)37(33,34)35;;/h2*23,28H,2-22H2,1H3,(H,31,32)(H,33,34,35);1H3;/q;;;+1/p-1. The fourth-order valence-corrected chi connectivity index (χ4v) is 9.34. The van der Waals surface area contributed by atoms with Gasteiger partial charge < -0.3 is 55.4 Å². The van der Waals surface area contributed by atoms with E-state index >= 15 is 0 Å². The van der Waals surface area contributed by atoms with Crippen LogP contribution in [0.5, 0.6) is 0 Å². The van der Waals surface area contributed by atoms with Crippen LogP contribution < -0.4 is 45.9 Å². The molecule has 0 heterocycles. The van der Waals surface area contributed by atoms with Crippen molar-refractivity contribution in [3.8, 4) is 0 Å². The second-order valence-electron chi connectivity index (χ2n) is 19.1. The second-order valence-corrected chi connectivity index (χ2v) is 22.3. The number of ether oxygens (including phenoxy) is 2. The number of aliphatic carboxylic acids is 2. The number of aliphatic hydroxyl groups is 2. The van der Waals surface area contributed by atoms with Crippen LogP contribution in [0.25, 0.3) is 0 Å². The van der Waals surface area contributed by atoms with Gasteiger partial charge in [0.2, 0.25) is 11.8 Å². The summed E-state index contributed by atoms with van der Waals surface area (Å²) in [5.74, 6) is -6.92. The molecule has 2 atom stereocenters. The number of aliphatic hydroxyl groups excluding tert-OH is 2. The van der Waals surface area contributed by atoms with Gasteiger partial charge in [0, 0.05) is 25.9 Å². The summed E-state index contributed by atoms with van der Waals surface area (Å²) in [5.41, 5.74) is 0. The zero-order valence-corrected chi connectivity index (χ0v) is 50.7. The smallest absolute Gasteiger partial charge is 0.549 e. The van der Waals surface area contributed by atoms with Gasteiger partial charge in [0.15, 0.2) is 0 Å². The van der Waals surface area contributed by atoms with Gasteiger partial charge in [-0.25, -0.2) is 0 Å². The summed E-state index contributed by atoms with van der Waals surface area (Å²) >= 11 is 0. The minimum absolute atomic E-state index is 0. The maximum atomic E-state index is 12.4. The monoisotopic (exact) mass is 1140 g/mol. The van der Waals surface area contributed by atoms with Crippen molar-refractivity contribution in [2.24, 2.45) is 0 Å². The quantitative estimate of drug-likeness (QED) is 0.0252. The van der Waals surface area contributed by atoms with Gasteiger partial charge in [-0.3, -0.25) is 28.3 Å². The average molecular weight is 1140 g/mol. The van der Waals surface area contributed by atoms with Crippen LogP contribution in [0.2, 0.25) is 0 Å². The summed E-state index contributed by atoms with van der Waals surface area (Å²) in [6.07, 6.45) is 35.2. The average Bonchev–Trinajstić information content (AvgIpc) is 3.33.